The van der Waals surface area contributed by atoms with Crippen LogP contribution in [0.4, 0.5) is 0 Å². The third kappa shape index (κ3) is 9.20. The van der Waals surface area contributed by atoms with E-state index >= 15 is 0 Å². The number of aliphatic hydroxyl groups is 1. The zero-order valence-corrected chi connectivity index (χ0v) is 22.2. The number of hydrogen-bond acceptors (Lipinski definition) is 8. The molecule has 0 radical (unpaired) electrons. The third-order valence-corrected chi connectivity index (χ3v) is 7.88. The molecule has 0 aliphatic heterocycles. The van der Waals surface area contributed by atoms with Crippen molar-refractivity contribution in [3.05, 3.63) is 62.2 Å². The first-order valence-electron chi connectivity index (χ1n) is 11.1. The van der Waals surface area contributed by atoms with Crippen molar-refractivity contribution in [1.82, 2.24) is 15.6 Å². The van der Waals surface area contributed by atoms with Gasteiger partial charge in [-0.05, 0) is 49.4 Å². The Morgan fingerprint density at radius 3 is 2.69 bits per heavy atom. The van der Waals surface area contributed by atoms with E-state index in [-0.39, 0.29) is 17.8 Å². The number of thiazole rings is 1. The summed E-state index contributed by atoms with van der Waals surface area (Å²) in [5.41, 5.74) is 1.81. The predicted molar refractivity (Wildman–Crippen MR) is 143 cm³/mol. The number of H-pyrrole nitrogens is 1. The zero-order chi connectivity index (χ0) is 25.3. The minimum Gasteiger partial charge on any atom is -0.402 e. The van der Waals surface area contributed by atoms with Crippen LogP contribution in [0.1, 0.15) is 23.7 Å². The lowest BCUT2D eigenvalue weighted by atomic mass is 10.1. The molecular weight excluding hydrogens is 533 g/mol. The summed E-state index contributed by atoms with van der Waals surface area (Å²) in [6.45, 7) is 2.84. The summed E-state index contributed by atoms with van der Waals surface area (Å²) in [5, 5.41) is 18.0. The number of phosphoric acid groups is 1. The highest BCUT2D eigenvalue weighted by Gasteiger charge is 2.22. The molecule has 1 heterocycles. The maximum atomic E-state index is 11.8. The second-order valence-electron chi connectivity index (χ2n) is 7.73. The number of halogens is 1. The van der Waals surface area contributed by atoms with Crippen LogP contribution in [0.5, 0.6) is 5.75 Å². The van der Waals surface area contributed by atoms with Gasteiger partial charge in [-0.15, -0.1) is 0 Å². The van der Waals surface area contributed by atoms with Crippen molar-refractivity contribution in [2.75, 3.05) is 37.7 Å². The number of phosphoric ester groups is 1. The van der Waals surface area contributed by atoms with Gasteiger partial charge in [-0.3, -0.25) is 14.6 Å². The largest absolute Gasteiger partial charge is 0.524 e. The highest BCUT2D eigenvalue weighted by atomic mass is 35.5. The van der Waals surface area contributed by atoms with Gasteiger partial charge in [0.05, 0.1) is 10.8 Å². The van der Waals surface area contributed by atoms with Crippen LogP contribution in [0.25, 0.3) is 10.2 Å². The molecule has 3 aromatic rings. The lowest BCUT2D eigenvalue weighted by Gasteiger charge is -2.15. The second-order valence-corrected chi connectivity index (χ2v) is 11.5. The summed E-state index contributed by atoms with van der Waals surface area (Å²) in [4.78, 5) is 32.0. The SMILES string of the molecule is O=c1[nH]c2c(OP(=O)(O)O)ccc([C@@H](O)CNCCSCCCNCCc3ccccc3Cl)c2s1. The second kappa shape index (κ2) is 13.8. The van der Waals surface area contributed by atoms with E-state index in [1.807, 2.05) is 36.0 Å². The lowest BCUT2D eigenvalue weighted by Crippen LogP contribution is -2.24. The molecule has 0 aliphatic carbocycles. The first-order chi connectivity index (χ1) is 16.7. The summed E-state index contributed by atoms with van der Waals surface area (Å²) in [5.74, 6) is 1.79. The van der Waals surface area contributed by atoms with E-state index in [2.05, 4.69) is 20.1 Å². The fourth-order valence-electron chi connectivity index (χ4n) is 3.44. The number of fused-ring (bicyclic) bond motifs is 1. The average Bonchev–Trinajstić information content (AvgIpc) is 3.19. The fraction of sp³-hybridized carbons (Fsp3) is 0.409. The molecule has 0 fully saturated rings. The highest BCUT2D eigenvalue weighted by Crippen LogP contribution is 2.41. The highest BCUT2D eigenvalue weighted by molar-refractivity contribution is 7.99. The molecule has 3 rings (SSSR count). The number of aromatic amines is 1. The molecule has 2 aromatic carbocycles. The van der Waals surface area contributed by atoms with E-state index in [1.165, 1.54) is 12.1 Å². The van der Waals surface area contributed by atoms with Crippen LogP contribution < -0.4 is 20.0 Å². The number of rotatable bonds is 15. The Morgan fingerprint density at radius 2 is 1.91 bits per heavy atom. The van der Waals surface area contributed by atoms with E-state index in [0.717, 1.165) is 59.4 Å². The number of aliphatic hydroxyl groups excluding tert-OH is 1. The van der Waals surface area contributed by atoms with Crippen molar-refractivity contribution < 1.29 is 24.0 Å². The monoisotopic (exact) mass is 561 g/mol. The summed E-state index contributed by atoms with van der Waals surface area (Å²) >= 11 is 8.85. The van der Waals surface area contributed by atoms with Crippen molar-refractivity contribution in [3.8, 4) is 5.75 Å². The van der Waals surface area contributed by atoms with E-state index in [1.54, 1.807) is 0 Å². The van der Waals surface area contributed by atoms with Crippen LogP contribution in [-0.2, 0) is 11.0 Å². The Balaban J connectivity index is 1.32. The Morgan fingerprint density at radius 1 is 1.11 bits per heavy atom. The first kappa shape index (κ1) is 28.2. The molecule has 0 amide bonds. The summed E-state index contributed by atoms with van der Waals surface area (Å²) in [6, 6.07) is 10.7. The van der Waals surface area contributed by atoms with Gasteiger partial charge in [0.2, 0.25) is 0 Å². The van der Waals surface area contributed by atoms with Crippen LogP contribution in [0.3, 0.4) is 0 Å². The normalized spacial score (nSPS) is 12.8. The molecule has 6 N–H and O–H groups in total. The van der Waals surface area contributed by atoms with Crippen molar-refractivity contribution >= 4 is 52.7 Å². The van der Waals surface area contributed by atoms with Gasteiger partial charge in [-0.1, -0.05) is 47.2 Å². The van der Waals surface area contributed by atoms with Crippen LogP contribution in [0, 0.1) is 0 Å². The molecule has 35 heavy (non-hydrogen) atoms. The average molecular weight is 562 g/mol. The van der Waals surface area contributed by atoms with Gasteiger partial charge in [0.15, 0.2) is 5.75 Å². The van der Waals surface area contributed by atoms with Crippen molar-refractivity contribution in [2.45, 2.75) is 18.9 Å². The predicted octanol–water partition coefficient (Wildman–Crippen LogP) is 3.29. The van der Waals surface area contributed by atoms with Crippen LogP contribution in [0.2, 0.25) is 5.02 Å². The van der Waals surface area contributed by atoms with Gasteiger partial charge in [-0.2, -0.15) is 11.8 Å². The molecule has 1 atom stereocenters. The van der Waals surface area contributed by atoms with Gasteiger partial charge in [0.25, 0.3) is 0 Å². The smallest absolute Gasteiger partial charge is 0.402 e. The number of nitrogens with one attached hydrogen (secondary N) is 3. The third-order valence-electron chi connectivity index (χ3n) is 5.08. The molecule has 9 nitrogen and oxygen atoms in total. The van der Waals surface area contributed by atoms with Crippen LogP contribution in [-0.4, -0.2) is 57.6 Å². The van der Waals surface area contributed by atoms with Crippen LogP contribution in [0.15, 0.2) is 41.2 Å². The van der Waals surface area contributed by atoms with Gasteiger partial charge in [-0.25, -0.2) is 4.57 Å². The minimum absolute atomic E-state index is 0.134. The molecule has 1 aromatic heterocycles. The fourth-order valence-corrected chi connectivity index (χ4v) is 5.83. The first-order valence-corrected chi connectivity index (χ1v) is 14.9. The molecule has 13 heteroatoms. The van der Waals surface area contributed by atoms with Crippen molar-refractivity contribution in [3.63, 3.8) is 0 Å². The Bertz CT molecular complexity index is 1200. The van der Waals surface area contributed by atoms with E-state index in [9.17, 15) is 14.5 Å². The van der Waals surface area contributed by atoms with Crippen LogP contribution >= 0.6 is 42.5 Å². The molecule has 0 bridgehead atoms. The minimum atomic E-state index is -4.78. The van der Waals surface area contributed by atoms with Crippen molar-refractivity contribution in [1.29, 1.82) is 0 Å². The van der Waals surface area contributed by atoms with Gasteiger partial charge in [0.1, 0.15) is 5.52 Å². The molecule has 0 aliphatic rings. The number of aromatic nitrogens is 1. The molecule has 0 spiro atoms. The van der Waals surface area contributed by atoms with E-state index < -0.39 is 18.8 Å². The lowest BCUT2D eigenvalue weighted by molar-refractivity contribution is 0.177. The molecule has 192 valence electrons. The van der Waals surface area contributed by atoms with Crippen molar-refractivity contribution in [2.24, 2.45) is 0 Å². The molecule has 0 unspecified atom stereocenters. The number of hydrogen-bond donors (Lipinski definition) is 6. The number of benzene rings is 2. The Hall–Kier alpha value is -1.40. The van der Waals surface area contributed by atoms with E-state index in [0.29, 0.717) is 16.8 Å². The topological polar surface area (TPSA) is 144 Å². The molecule has 0 saturated carbocycles. The molecular formula is C22H29ClN3O6PS2. The van der Waals surface area contributed by atoms with E-state index in [4.69, 9.17) is 21.4 Å². The summed E-state index contributed by atoms with van der Waals surface area (Å²) in [6.07, 6.45) is 1.08. The Kier molecular flexibility index (Phi) is 11.1. The summed E-state index contributed by atoms with van der Waals surface area (Å²) < 4.78 is 16.2. The molecule has 0 saturated heterocycles. The van der Waals surface area contributed by atoms with Gasteiger partial charge < -0.3 is 25.2 Å². The Labute approximate surface area is 216 Å². The standard InChI is InChI=1S/C22H29ClN3O6PS2/c23-17-5-2-1-4-15(17)8-10-24-9-3-12-34-13-11-25-14-18(27)16-6-7-19(32-33(29,30)31)20-21(16)35-22(28)26-20/h1-2,4-7,18,24-25,27H,3,8-14H2,(H,26,28)(H2,29,30,31)/t18-/m0/s1. The van der Waals surface area contributed by atoms with Gasteiger partial charge in [0, 0.05) is 29.4 Å². The maximum absolute atomic E-state index is 11.8. The maximum Gasteiger partial charge on any atom is 0.524 e. The number of thioether (sulfide) groups is 1. The summed E-state index contributed by atoms with van der Waals surface area (Å²) in [7, 11) is -4.78. The van der Waals surface area contributed by atoms with Gasteiger partial charge >= 0.3 is 12.7 Å². The zero-order valence-electron chi connectivity index (χ0n) is 18.9. The quantitative estimate of drug-likeness (QED) is 0.122.